The summed E-state index contributed by atoms with van der Waals surface area (Å²) in [5, 5.41) is 0. The van der Waals surface area contributed by atoms with Crippen LogP contribution in [0.2, 0.25) is 0 Å². The van der Waals surface area contributed by atoms with Gasteiger partial charge in [-0.15, -0.1) is 0 Å². The van der Waals surface area contributed by atoms with Gasteiger partial charge in [-0.05, 0) is 51.4 Å². The number of esters is 2. The average Bonchev–Trinajstić information content (AvgIpc) is 3.13. The van der Waals surface area contributed by atoms with Gasteiger partial charge in [0, 0.05) is 12.8 Å². The van der Waals surface area contributed by atoms with Gasteiger partial charge in [0.15, 0.2) is 6.10 Å². The van der Waals surface area contributed by atoms with Gasteiger partial charge in [-0.25, -0.2) is 4.57 Å². The minimum atomic E-state index is -4.39. The highest BCUT2D eigenvalue weighted by Gasteiger charge is 2.27. The molecule has 10 heteroatoms. The molecule has 55 heavy (non-hydrogen) atoms. The molecule has 0 aromatic rings. The molecule has 0 heterocycles. The number of unbranched alkanes of at least 4 members (excludes halogenated alkanes) is 11. The molecular formula is C45H79NO8P+. The van der Waals surface area contributed by atoms with Crippen LogP contribution in [-0.4, -0.2) is 74.9 Å². The molecule has 0 amide bonds. The Bertz CT molecular complexity index is 1170. The molecule has 0 saturated heterocycles. The van der Waals surface area contributed by atoms with E-state index in [9.17, 15) is 19.0 Å². The van der Waals surface area contributed by atoms with E-state index in [1.54, 1.807) is 0 Å². The first kappa shape index (κ1) is 52.5. The van der Waals surface area contributed by atoms with Crippen LogP contribution >= 0.6 is 7.82 Å². The van der Waals surface area contributed by atoms with Crippen molar-refractivity contribution >= 4 is 19.8 Å². The highest BCUT2D eigenvalue weighted by molar-refractivity contribution is 7.47. The topological polar surface area (TPSA) is 108 Å². The summed E-state index contributed by atoms with van der Waals surface area (Å²) >= 11 is 0. The first-order chi connectivity index (χ1) is 26.5. The van der Waals surface area contributed by atoms with Gasteiger partial charge in [0.2, 0.25) is 0 Å². The third-order valence-corrected chi connectivity index (χ3v) is 9.50. The van der Waals surface area contributed by atoms with Gasteiger partial charge in [-0.1, -0.05) is 157 Å². The lowest BCUT2D eigenvalue weighted by atomic mass is 10.0. The summed E-state index contributed by atoms with van der Waals surface area (Å²) in [6.45, 7) is 4.20. The molecule has 0 rings (SSSR count). The number of phosphoric acid groups is 1. The van der Waals surface area contributed by atoms with Crippen LogP contribution in [0.15, 0.2) is 72.9 Å². The van der Waals surface area contributed by atoms with Crippen LogP contribution in [0.25, 0.3) is 0 Å². The molecule has 0 aromatic carbocycles. The van der Waals surface area contributed by atoms with E-state index >= 15 is 0 Å². The fourth-order valence-electron chi connectivity index (χ4n) is 5.21. The Morgan fingerprint density at radius 1 is 0.582 bits per heavy atom. The van der Waals surface area contributed by atoms with Gasteiger partial charge in [-0.2, -0.15) is 0 Å². The van der Waals surface area contributed by atoms with Crippen molar-refractivity contribution in [2.45, 2.75) is 155 Å². The summed E-state index contributed by atoms with van der Waals surface area (Å²) < 4.78 is 34.1. The molecule has 316 valence electrons. The van der Waals surface area contributed by atoms with Crippen molar-refractivity contribution in [3.8, 4) is 0 Å². The van der Waals surface area contributed by atoms with E-state index in [4.69, 9.17) is 18.5 Å². The van der Waals surface area contributed by atoms with E-state index in [2.05, 4.69) is 74.6 Å². The van der Waals surface area contributed by atoms with Gasteiger partial charge in [0.1, 0.15) is 19.8 Å². The third-order valence-electron chi connectivity index (χ3n) is 8.51. The van der Waals surface area contributed by atoms with Crippen molar-refractivity contribution in [2.24, 2.45) is 0 Å². The van der Waals surface area contributed by atoms with Crippen LogP contribution in [0.5, 0.6) is 0 Å². The number of phosphoric ester groups is 1. The smallest absolute Gasteiger partial charge is 0.462 e. The zero-order chi connectivity index (χ0) is 40.7. The summed E-state index contributed by atoms with van der Waals surface area (Å²) in [4.78, 5) is 35.2. The molecular weight excluding hydrogens is 713 g/mol. The number of allylic oxidation sites excluding steroid dienone is 12. The average molecular weight is 793 g/mol. The molecule has 0 fully saturated rings. The molecule has 0 aromatic heterocycles. The number of likely N-dealkylation sites (N-methyl/N-ethyl adjacent to an activating group) is 1. The van der Waals surface area contributed by atoms with E-state index in [1.807, 2.05) is 33.3 Å². The summed E-state index contributed by atoms with van der Waals surface area (Å²) in [5.41, 5.74) is 0. The number of hydrogen-bond donors (Lipinski definition) is 1. The fraction of sp³-hybridized carbons (Fsp3) is 0.689. The van der Waals surface area contributed by atoms with Gasteiger partial charge in [-0.3, -0.25) is 18.6 Å². The molecule has 0 spiro atoms. The van der Waals surface area contributed by atoms with Gasteiger partial charge >= 0.3 is 19.8 Å². The highest BCUT2D eigenvalue weighted by Crippen LogP contribution is 2.43. The van der Waals surface area contributed by atoms with Crippen LogP contribution in [0.4, 0.5) is 0 Å². The number of nitrogens with zero attached hydrogens (tertiary/aromatic N) is 1. The van der Waals surface area contributed by atoms with Gasteiger partial charge < -0.3 is 18.9 Å². The fourth-order valence-corrected chi connectivity index (χ4v) is 5.96. The Balaban J connectivity index is 4.53. The lowest BCUT2D eigenvalue weighted by Gasteiger charge is -2.24. The number of ether oxygens (including phenoxy) is 2. The second-order valence-electron chi connectivity index (χ2n) is 15.0. The van der Waals surface area contributed by atoms with Crippen LogP contribution in [0.3, 0.4) is 0 Å². The summed E-state index contributed by atoms with van der Waals surface area (Å²) in [6, 6.07) is 0. The molecule has 0 aliphatic heterocycles. The van der Waals surface area contributed by atoms with Crippen molar-refractivity contribution in [2.75, 3.05) is 47.5 Å². The Kier molecular flexibility index (Phi) is 35.3. The summed E-state index contributed by atoms with van der Waals surface area (Å²) in [5.74, 6) is -0.902. The lowest BCUT2D eigenvalue weighted by molar-refractivity contribution is -0.870. The monoisotopic (exact) mass is 793 g/mol. The molecule has 9 nitrogen and oxygen atoms in total. The van der Waals surface area contributed by atoms with Gasteiger partial charge in [0.05, 0.1) is 27.7 Å². The molecule has 2 unspecified atom stereocenters. The number of carbonyl (C=O) groups is 2. The molecule has 0 aliphatic carbocycles. The van der Waals surface area contributed by atoms with Crippen molar-refractivity contribution < 1.29 is 42.1 Å². The highest BCUT2D eigenvalue weighted by atomic mass is 31.2. The van der Waals surface area contributed by atoms with Crippen molar-refractivity contribution in [3.63, 3.8) is 0 Å². The predicted octanol–water partition coefficient (Wildman–Crippen LogP) is 11.9. The first-order valence-electron chi connectivity index (χ1n) is 21.2. The number of carbonyl (C=O) groups excluding carboxylic acids is 2. The van der Waals surface area contributed by atoms with Crippen molar-refractivity contribution in [1.29, 1.82) is 0 Å². The van der Waals surface area contributed by atoms with Crippen molar-refractivity contribution in [3.05, 3.63) is 72.9 Å². The molecule has 0 aliphatic rings. The number of quaternary nitrogens is 1. The summed E-state index contributed by atoms with van der Waals surface area (Å²) in [6.07, 6.45) is 45.4. The largest absolute Gasteiger partial charge is 0.472 e. The summed E-state index contributed by atoms with van der Waals surface area (Å²) in [7, 11) is 1.42. The SMILES string of the molecule is CC/C=C\C/C=C\C/C=C\C/C=C\C/C=C\C/C=C\CCC(=O)OC(COC(=O)CCCCCCCCCCCCCC)COP(=O)(O)OCC[N+](C)(C)C. The standard InChI is InChI=1S/C45H78NO8P/c1-6-8-10-12-14-16-18-20-21-22-23-24-25-26-28-30-32-34-36-38-45(48)54-43(42-53-55(49,50)52-40-39-46(3,4)5)41-51-44(47)37-35-33-31-29-27-19-17-15-13-11-9-7-2/h8,10,14,16,20-21,23-24,26,28,32,34,43H,6-7,9,11-13,15,17-19,22,25,27,29-31,33,35-42H2,1-5H3/p+1/b10-8-,16-14-,21-20-,24-23-,28-26-,34-32-. The molecule has 0 radical (unpaired) electrons. The zero-order valence-corrected chi connectivity index (χ0v) is 36.3. The van der Waals surface area contributed by atoms with Crippen LogP contribution < -0.4 is 0 Å². The van der Waals surface area contributed by atoms with E-state index in [1.165, 1.54) is 57.8 Å². The Labute approximate surface area is 336 Å². The molecule has 0 saturated carbocycles. The maximum Gasteiger partial charge on any atom is 0.472 e. The van der Waals surface area contributed by atoms with Crippen molar-refractivity contribution in [1.82, 2.24) is 0 Å². The van der Waals surface area contributed by atoms with Crippen LogP contribution in [-0.2, 0) is 32.7 Å². The Morgan fingerprint density at radius 2 is 1.04 bits per heavy atom. The van der Waals surface area contributed by atoms with E-state index in [-0.39, 0.29) is 26.1 Å². The molecule has 2 atom stereocenters. The van der Waals surface area contributed by atoms with Crippen LogP contribution in [0.1, 0.15) is 149 Å². The first-order valence-corrected chi connectivity index (χ1v) is 22.7. The zero-order valence-electron chi connectivity index (χ0n) is 35.4. The Hall–Kier alpha value is -2.55. The quantitative estimate of drug-likeness (QED) is 0.0218. The lowest BCUT2D eigenvalue weighted by Crippen LogP contribution is -2.37. The normalized spacial score (nSPS) is 14.4. The third kappa shape index (κ3) is 40.9. The minimum absolute atomic E-state index is 0.0156. The maximum atomic E-state index is 12.6. The number of rotatable bonds is 37. The second-order valence-corrected chi connectivity index (χ2v) is 16.5. The van der Waals surface area contributed by atoms with Gasteiger partial charge in [0.25, 0.3) is 0 Å². The Morgan fingerprint density at radius 3 is 1.51 bits per heavy atom. The van der Waals surface area contributed by atoms with E-state index < -0.39 is 32.5 Å². The maximum absolute atomic E-state index is 12.6. The molecule has 0 bridgehead atoms. The molecule has 1 N–H and O–H groups in total. The van der Waals surface area contributed by atoms with Crippen LogP contribution in [0, 0.1) is 0 Å². The predicted molar refractivity (Wildman–Crippen MR) is 229 cm³/mol. The second kappa shape index (κ2) is 37.1. The van der Waals surface area contributed by atoms with E-state index in [0.717, 1.165) is 57.8 Å². The number of hydrogen-bond acceptors (Lipinski definition) is 7. The minimum Gasteiger partial charge on any atom is -0.462 e. The van der Waals surface area contributed by atoms with E-state index in [0.29, 0.717) is 17.4 Å².